The molecule has 17 nitrogen and oxygen atoms in total. The molecular formula is C20H36N2O15. The van der Waals surface area contributed by atoms with Crippen LogP contribution in [-0.4, -0.2) is 158 Å². The largest absolute Gasteiger partial charge is 0.477 e. The average molecular weight is 545 g/mol. The molecule has 0 bridgehead atoms. The highest BCUT2D eigenvalue weighted by molar-refractivity contribution is 5.78. The molecule has 37 heavy (non-hydrogen) atoms. The van der Waals surface area contributed by atoms with E-state index in [0.29, 0.717) is 6.42 Å². The van der Waals surface area contributed by atoms with E-state index in [9.17, 15) is 50.4 Å². The number of rotatable bonds is 13. The van der Waals surface area contributed by atoms with Crippen LogP contribution in [0.1, 0.15) is 12.8 Å². The molecule has 216 valence electrons. The molecule has 17 heteroatoms. The summed E-state index contributed by atoms with van der Waals surface area (Å²) in [7, 11) is 0. The van der Waals surface area contributed by atoms with Crippen LogP contribution in [0, 0.1) is 0 Å². The Hall–Kier alpha value is -1.58. The Labute approximate surface area is 210 Å². The molecule has 2 fully saturated rings. The highest BCUT2D eigenvalue weighted by atomic mass is 16.8. The molecule has 2 heterocycles. The predicted octanol–water partition coefficient (Wildman–Crippen LogP) is -6.70. The summed E-state index contributed by atoms with van der Waals surface area (Å²) in [6, 6.07) is -1.59. The van der Waals surface area contributed by atoms with Gasteiger partial charge in [-0.25, -0.2) is 4.79 Å². The molecule has 2 rings (SSSR count). The fraction of sp³-hybridized carbons (Fsp3) is 0.900. The first-order valence-corrected chi connectivity index (χ1v) is 11.5. The Morgan fingerprint density at radius 1 is 1.14 bits per heavy atom. The van der Waals surface area contributed by atoms with E-state index in [0.717, 1.165) is 0 Å². The smallest absolute Gasteiger partial charge is 0.364 e. The zero-order valence-corrected chi connectivity index (χ0v) is 19.8. The lowest BCUT2D eigenvalue weighted by atomic mass is 9.88. The van der Waals surface area contributed by atoms with Crippen LogP contribution in [0.25, 0.3) is 0 Å². The molecule has 2 saturated heterocycles. The number of hydrogen-bond donors (Lipinski definition) is 11. The topological polar surface area (TPSA) is 291 Å². The number of carbonyl (C=O) groups is 2. The molecule has 0 aromatic carbocycles. The van der Waals surface area contributed by atoms with Gasteiger partial charge in [0, 0.05) is 6.42 Å². The van der Waals surface area contributed by atoms with E-state index in [-0.39, 0.29) is 13.2 Å². The van der Waals surface area contributed by atoms with Crippen LogP contribution < -0.4 is 11.1 Å². The first kappa shape index (κ1) is 31.6. The number of nitrogens with one attached hydrogen (secondary N) is 1. The summed E-state index contributed by atoms with van der Waals surface area (Å²) < 4.78 is 21.7. The number of aliphatic hydroxyl groups excluding tert-OH is 8. The van der Waals surface area contributed by atoms with Gasteiger partial charge in [-0.15, -0.1) is 0 Å². The highest BCUT2D eigenvalue weighted by Crippen LogP contribution is 2.37. The second-order valence-electron chi connectivity index (χ2n) is 8.71. The molecule has 2 aliphatic rings. The quantitative estimate of drug-likeness (QED) is 0.0960. The minimum absolute atomic E-state index is 0.00196. The third kappa shape index (κ3) is 7.30. The van der Waals surface area contributed by atoms with Gasteiger partial charge < -0.3 is 76.0 Å². The van der Waals surface area contributed by atoms with E-state index in [4.69, 9.17) is 29.8 Å². The monoisotopic (exact) mass is 544 g/mol. The Morgan fingerprint density at radius 2 is 1.81 bits per heavy atom. The number of hydrogen-bond acceptors (Lipinski definition) is 15. The highest BCUT2D eigenvalue weighted by Gasteiger charge is 2.59. The van der Waals surface area contributed by atoms with Crippen LogP contribution in [0.3, 0.4) is 0 Å². The lowest BCUT2D eigenvalue weighted by Gasteiger charge is -2.50. The number of carboxylic acids is 1. The van der Waals surface area contributed by atoms with Crippen LogP contribution >= 0.6 is 0 Å². The lowest BCUT2D eigenvalue weighted by Crippen LogP contribution is -2.70. The molecule has 0 spiro atoms. The van der Waals surface area contributed by atoms with Gasteiger partial charge in [-0.1, -0.05) is 0 Å². The summed E-state index contributed by atoms with van der Waals surface area (Å²) in [4.78, 5) is 24.1. The van der Waals surface area contributed by atoms with Gasteiger partial charge in [0.25, 0.3) is 5.79 Å². The number of carbonyl (C=O) groups excluding carboxylic acids is 1. The van der Waals surface area contributed by atoms with E-state index in [2.05, 4.69) is 5.32 Å². The van der Waals surface area contributed by atoms with Gasteiger partial charge in [0.15, 0.2) is 6.29 Å². The maximum absolute atomic E-state index is 12.4. The summed E-state index contributed by atoms with van der Waals surface area (Å²) in [5.41, 5.74) is 5.40. The van der Waals surface area contributed by atoms with Crippen molar-refractivity contribution >= 4 is 11.9 Å². The van der Waals surface area contributed by atoms with Gasteiger partial charge >= 0.3 is 5.97 Å². The van der Waals surface area contributed by atoms with E-state index in [1.807, 2.05) is 0 Å². The van der Waals surface area contributed by atoms with Gasteiger partial charge in [-0.05, 0) is 13.0 Å². The van der Waals surface area contributed by atoms with E-state index in [1.54, 1.807) is 0 Å². The third-order valence-corrected chi connectivity index (χ3v) is 6.07. The summed E-state index contributed by atoms with van der Waals surface area (Å²) in [5.74, 6) is -5.82. The minimum Gasteiger partial charge on any atom is -0.477 e. The van der Waals surface area contributed by atoms with Crippen molar-refractivity contribution in [2.24, 2.45) is 5.73 Å². The number of carboxylic acid groups (broad SMARTS) is 1. The first-order chi connectivity index (χ1) is 17.5. The Balaban J connectivity index is 2.41. The number of aliphatic carboxylic acids is 1. The van der Waals surface area contributed by atoms with Gasteiger partial charge in [0.05, 0.1) is 32.0 Å². The minimum atomic E-state index is -2.90. The molecule has 12 N–H and O–H groups in total. The number of amides is 1. The molecule has 0 aromatic rings. The summed E-state index contributed by atoms with van der Waals surface area (Å²) >= 11 is 0. The van der Waals surface area contributed by atoms with Crippen molar-refractivity contribution in [3.63, 3.8) is 0 Å². The molecule has 0 saturated carbocycles. The van der Waals surface area contributed by atoms with Gasteiger partial charge in [0.1, 0.15) is 49.3 Å². The fourth-order valence-electron chi connectivity index (χ4n) is 4.08. The molecule has 2 aliphatic heterocycles. The lowest BCUT2D eigenvalue weighted by molar-refractivity contribution is -0.369. The Bertz CT molecular complexity index is 747. The van der Waals surface area contributed by atoms with E-state index >= 15 is 0 Å². The van der Waals surface area contributed by atoms with Gasteiger partial charge in [-0.2, -0.15) is 0 Å². The summed E-state index contributed by atoms with van der Waals surface area (Å²) in [5, 5.41) is 92.5. The second-order valence-corrected chi connectivity index (χ2v) is 8.71. The number of ether oxygens (including phenoxy) is 4. The maximum atomic E-state index is 12.4. The van der Waals surface area contributed by atoms with Crippen molar-refractivity contribution < 1.29 is 74.5 Å². The fourth-order valence-corrected chi connectivity index (χ4v) is 4.08. The number of aliphatic hydroxyl groups is 8. The van der Waals surface area contributed by atoms with Crippen molar-refractivity contribution in [1.82, 2.24) is 5.32 Å². The van der Waals surface area contributed by atoms with Crippen molar-refractivity contribution in [1.29, 1.82) is 0 Å². The maximum Gasteiger partial charge on any atom is 0.364 e. The standard InChI is InChI=1S/C20H36N2O15/c21-2-1-3-34-18-15(31)17(14(30)10(6-24)35-18)37-20(19(32)33)4-8(26)12(22-11(28)7-25)16(36-20)13(29)9(27)5-23/h8-10,12-18,23-27,29-31H,1-7,21H2,(H,22,28)(H,32,33)/t8-,9+,10+,12+,13+,14-,15+,16+,17-,18+,20-/m0/s1. The number of nitrogens with two attached hydrogens (primary N) is 1. The normalized spacial score (nSPS) is 38.1. The zero-order valence-electron chi connectivity index (χ0n) is 19.8. The molecule has 0 aliphatic carbocycles. The van der Waals surface area contributed by atoms with Crippen molar-refractivity contribution in [3.8, 4) is 0 Å². The molecule has 1 amide bonds. The first-order valence-electron chi connectivity index (χ1n) is 11.5. The molecule has 0 unspecified atom stereocenters. The van der Waals surface area contributed by atoms with Crippen LogP contribution in [0.5, 0.6) is 0 Å². The summed E-state index contributed by atoms with van der Waals surface area (Å²) in [6.45, 7) is -2.61. The van der Waals surface area contributed by atoms with Crippen molar-refractivity contribution in [3.05, 3.63) is 0 Å². The summed E-state index contributed by atoms with van der Waals surface area (Å²) in [6.07, 6.45) is -16.8. The van der Waals surface area contributed by atoms with Gasteiger partial charge in [0.2, 0.25) is 5.91 Å². The second kappa shape index (κ2) is 14.0. The molecular weight excluding hydrogens is 508 g/mol. The predicted molar refractivity (Wildman–Crippen MR) is 116 cm³/mol. The molecule has 11 atom stereocenters. The van der Waals surface area contributed by atoms with E-state index in [1.165, 1.54) is 0 Å². The SMILES string of the molecule is NCCCO[C@@H]1O[C@H](CO)[C@H](O)[C@H](O[C@]2(C(=O)O)C[C@H](O)[C@@H](NC(=O)CO)[C@H]([C@H](O)[C@H](O)CO)O2)[C@H]1O. The zero-order chi connectivity index (χ0) is 27.9. The Kier molecular flexibility index (Phi) is 12.0. The third-order valence-electron chi connectivity index (χ3n) is 6.07. The average Bonchev–Trinajstić information content (AvgIpc) is 2.88. The van der Waals surface area contributed by atoms with Crippen LogP contribution in [0.4, 0.5) is 0 Å². The van der Waals surface area contributed by atoms with Crippen molar-refractivity contribution in [2.75, 3.05) is 33.0 Å². The molecule has 0 radical (unpaired) electrons. The van der Waals surface area contributed by atoms with E-state index < -0.39 is 105 Å². The Morgan fingerprint density at radius 3 is 2.35 bits per heavy atom. The van der Waals surface area contributed by atoms with Crippen LogP contribution in [-0.2, 0) is 28.5 Å². The van der Waals surface area contributed by atoms with Crippen LogP contribution in [0.2, 0.25) is 0 Å². The van der Waals surface area contributed by atoms with Crippen molar-refractivity contribution in [2.45, 2.75) is 79.8 Å². The molecule has 0 aromatic heterocycles. The van der Waals surface area contributed by atoms with Crippen LogP contribution in [0.15, 0.2) is 0 Å². The van der Waals surface area contributed by atoms with Gasteiger partial charge in [-0.3, -0.25) is 4.79 Å².